The number of halogens is 2. The maximum absolute atomic E-state index is 14.6. The molecule has 7 nitrogen and oxygen atoms in total. The van der Waals surface area contributed by atoms with Crippen molar-refractivity contribution in [1.82, 2.24) is 15.8 Å². The van der Waals surface area contributed by atoms with E-state index in [1.54, 1.807) is 13.0 Å². The van der Waals surface area contributed by atoms with Gasteiger partial charge in [-0.05, 0) is 62.3 Å². The number of carboxylic acids is 1. The molecule has 9 heteroatoms. The minimum atomic E-state index is -2.80. The van der Waals surface area contributed by atoms with Crippen molar-refractivity contribution in [2.45, 2.75) is 45.1 Å². The van der Waals surface area contributed by atoms with Gasteiger partial charge in [0.15, 0.2) is 5.76 Å². The highest BCUT2D eigenvalue weighted by atomic mass is 19.3. The van der Waals surface area contributed by atoms with E-state index < -0.39 is 35.1 Å². The fourth-order valence-electron chi connectivity index (χ4n) is 7.19. The molecule has 1 saturated heterocycles. The molecule has 2 bridgehead atoms. The molecule has 0 aromatic carbocycles. The molecule has 30 heavy (non-hydrogen) atoms. The number of hydrogen-bond donors (Lipinski definition) is 2. The zero-order valence-electron chi connectivity index (χ0n) is 16.8. The molecule has 1 aromatic rings. The number of hydrogen-bond acceptors (Lipinski definition) is 6. The second-order valence-corrected chi connectivity index (χ2v) is 9.57. The predicted octanol–water partition coefficient (Wildman–Crippen LogP) is 0.872. The lowest BCUT2D eigenvalue weighted by atomic mass is 9.78. The Kier molecular flexibility index (Phi) is 4.47. The Morgan fingerprint density at radius 2 is 1.97 bits per heavy atom. The summed E-state index contributed by atoms with van der Waals surface area (Å²) in [6.07, 6.45) is 2.36. The molecule has 5 rings (SSSR count). The van der Waals surface area contributed by atoms with Crippen LogP contribution in [0, 0.1) is 47.8 Å². The Hall–Kier alpha value is -2.03. The van der Waals surface area contributed by atoms with Crippen LogP contribution in [0.3, 0.4) is 0 Å². The van der Waals surface area contributed by atoms with Gasteiger partial charge in [-0.1, -0.05) is 5.16 Å². The van der Waals surface area contributed by atoms with Gasteiger partial charge in [-0.15, -0.1) is 0 Å². The summed E-state index contributed by atoms with van der Waals surface area (Å²) in [5, 5.41) is 21.3. The number of rotatable bonds is 5. The van der Waals surface area contributed by atoms with Crippen LogP contribution in [0.1, 0.15) is 37.1 Å². The van der Waals surface area contributed by atoms with Crippen molar-refractivity contribution in [3.63, 3.8) is 0 Å². The third kappa shape index (κ3) is 2.81. The van der Waals surface area contributed by atoms with Gasteiger partial charge < -0.3 is 25.1 Å². The first-order valence-corrected chi connectivity index (χ1v) is 10.7. The summed E-state index contributed by atoms with van der Waals surface area (Å²) in [6, 6.07) is 1.70. The van der Waals surface area contributed by atoms with Gasteiger partial charge in [0, 0.05) is 29.8 Å². The molecular weight excluding hydrogens is 396 g/mol. The van der Waals surface area contributed by atoms with Crippen LogP contribution < -0.4 is 15.7 Å². The predicted molar refractivity (Wildman–Crippen MR) is 97.8 cm³/mol. The summed E-state index contributed by atoms with van der Waals surface area (Å²) in [4.78, 5) is 25.1. The average molecular weight is 422 g/mol. The van der Waals surface area contributed by atoms with Gasteiger partial charge in [-0.2, -0.15) is 0 Å². The summed E-state index contributed by atoms with van der Waals surface area (Å²) in [5.74, 6) is -6.96. The minimum absolute atomic E-state index is 0.121. The zero-order valence-corrected chi connectivity index (χ0v) is 16.8. The van der Waals surface area contributed by atoms with Crippen molar-refractivity contribution in [3.8, 4) is 0 Å². The molecule has 1 spiro atoms. The van der Waals surface area contributed by atoms with Crippen molar-refractivity contribution >= 4 is 11.9 Å². The third-order valence-electron chi connectivity index (χ3n) is 8.24. The highest BCUT2D eigenvalue weighted by Crippen LogP contribution is 2.79. The van der Waals surface area contributed by atoms with Crippen LogP contribution in [-0.2, 0) is 16.1 Å². The smallest absolute Gasteiger partial charge is 0.263 e. The number of carbonyl (C=O) groups excluding carboxylic acids is 2. The van der Waals surface area contributed by atoms with E-state index in [1.165, 1.54) is 0 Å². The summed E-state index contributed by atoms with van der Waals surface area (Å²) < 4.78 is 34.3. The quantitative estimate of drug-likeness (QED) is 0.729. The third-order valence-corrected chi connectivity index (χ3v) is 8.24. The number of carboxylic acid groups (broad SMARTS) is 1. The van der Waals surface area contributed by atoms with E-state index in [1.807, 2.05) is 0 Å². The molecule has 3 aliphatic carbocycles. The van der Waals surface area contributed by atoms with Crippen molar-refractivity contribution in [2.75, 3.05) is 13.1 Å². The normalized spacial score (nSPS) is 41.2. The number of nitrogens with zero attached hydrogens (tertiary/aromatic N) is 1. The van der Waals surface area contributed by atoms with Crippen LogP contribution in [0.4, 0.5) is 8.78 Å². The monoisotopic (exact) mass is 422 g/mol. The Morgan fingerprint density at radius 3 is 2.60 bits per heavy atom. The standard InChI is InChI=1S/C21H27F2N3O4/c1-10-6-11(30-26-10)8-25-18(27)16-13-2-3-14(17(16)19(28)29)20(13)7-15(20)12-4-5-24-9-21(12,22)23/h6,12-17,24H,2-5,7-9H2,1H3,(H,25,27)(H,28,29)/p-1/t12?,13-,14+,15?,16+,17+,20?/m0/s1. The van der Waals surface area contributed by atoms with Gasteiger partial charge in [0.1, 0.15) is 0 Å². The number of alkyl halides is 2. The first-order valence-electron chi connectivity index (χ1n) is 10.7. The molecule has 2 heterocycles. The van der Waals surface area contributed by atoms with Gasteiger partial charge in [-0.25, -0.2) is 8.78 Å². The van der Waals surface area contributed by atoms with Crippen molar-refractivity contribution < 1.29 is 28.0 Å². The van der Waals surface area contributed by atoms with Crippen LogP contribution in [-0.4, -0.2) is 36.0 Å². The van der Waals surface area contributed by atoms with Crippen LogP contribution in [0.5, 0.6) is 0 Å². The molecule has 1 amide bonds. The number of aliphatic carboxylic acids is 1. The van der Waals surface area contributed by atoms with Gasteiger partial charge in [0.05, 0.1) is 18.8 Å². The zero-order chi connectivity index (χ0) is 21.3. The van der Waals surface area contributed by atoms with E-state index >= 15 is 0 Å². The fourth-order valence-corrected chi connectivity index (χ4v) is 7.19. The summed E-state index contributed by atoms with van der Waals surface area (Å²) >= 11 is 0. The van der Waals surface area contributed by atoms with Crippen LogP contribution in [0.2, 0.25) is 0 Å². The number of aromatic nitrogens is 1. The van der Waals surface area contributed by atoms with E-state index in [9.17, 15) is 23.5 Å². The Bertz CT molecular complexity index is 874. The number of carbonyl (C=O) groups is 2. The first kappa shape index (κ1) is 19.9. The molecule has 7 atom stereocenters. The Morgan fingerprint density at radius 1 is 1.23 bits per heavy atom. The summed E-state index contributed by atoms with van der Waals surface area (Å²) in [7, 11) is 0. The SMILES string of the molecule is Cc1cc(CNC(=O)[C@H]2[C@H](C(=O)[O-])[C@H]3CC[C@@H]2C32CC2C2CCNCC2(F)F)on1. The van der Waals surface area contributed by atoms with Gasteiger partial charge in [0.25, 0.3) is 5.92 Å². The van der Waals surface area contributed by atoms with Gasteiger partial charge >= 0.3 is 0 Å². The second kappa shape index (κ2) is 6.73. The van der Waals surface area contributed by atoms with E-state index in [-0.39, 0.29) is 36.8 Å². The van der Waals surface area contributed by atoms with Crippen molar-refractivity contribution in [1.29, 1.82) is 0 Å². The topological polar surface area (TPSA) is 107 Å². The van der Waals surface area contributed by atoms with E-state index in [2.05, 4.69) is 15.8 Å². The Balaban J connectivity index is 1.37. The van der Waals surface area contributed by atoms with E-state index in [4.69, 9.17) is 4.52 Å². The number of piperidine rings is 1. The lowest BCUT2D eigenvalue weighted by Crippen LogP contribution is -2.47. The number of amides is 1. The molecule has 2 N–H and O–H groups in total. The number of aryl methyl sites for hydroxylation is 1. The molecule has 3 saturated carbocycles. The highest BCUT2D eigenvalue weighted by molar-refractivity contribution is 5.86. The average Bonchev–Trinajstić information content (AvgIpc) is 2.95. The molecule has 1 aliphatic heterocycles. The van der Waals surface area contributed by atoms with Crippen LogP contribution in [0.25, 0.3) is 0 Å². The molecule has 0 radical (unpaired) electrons. The summed E-state index contributed by atoms with van der Waals surface area (Å²) in [5.41, 5.74) is 0.232. The van der Waals surface area contributed by atoms with E-state index in [0.29, 0.717) is 43.7 Å². The second-order valence-electron chi connectivity index (χ2n) is 9.57. The maximum atomic E-state index is 14.6. The fraction of sp³-hybridized carbons (Fsp3) is 0.762. The highest BCUT2D eigenvalue weighted by Gasteiger charge is 2.77. The maximum Gasteiger partial charge on any atom is 0.263 e. The lowest BCUT2D eigenvalue weighted by Gasteiger charge is -2.34. The molecular formula is C21H26F2N3O4-. The van der Waals surface area contributed by atoms with Crippen molar-refractivity contribution in [3.05, 3.63) is 17.5 Å². The first-order chi connectivity index (χ1) is 14.3. The number of nitrogens with one attached hydrogen (secondary N) is 2. The molecule has 4 fully saturated rings. The molecule has 4 aliphatic rings. The molecule has 1 aromatic heterocycles. The molecule has 3 unspecified atom stereocenters. The minimum Gasteiger partial charge on any atom is -0.550 e. The van der Waals surface area contributed by atoms with Gasteiger partial charge in [-0.3, -0.25) is 4.79 Å². The summed E-state index contributed by atoms with van der Waals surface area (Å²) in [6.45, 7) is 2.11. The largest absolute Gasteiger partial charge is 0.550 e. The lowest BCUT2D eigenvalue weighted by molar-refractivity contribution is -0.314. The van der Waals surface area contributed by atoms with Crippen LogP contribution in [0.15, 0.2) is 10.6 Å². The molecule has 164 valence electrons. The van der Waals surface area contributed by atoms with Crippen molar-refractivity contribution in [2.24, 2.45) is 40.9 Å². The van der Waals surface area contributed by atoms with E-state index in [0.717, 1.165) is 0 Å². The van der Waals surface area contributed by atoms with Gasteiger partial charge in [0.2, 0.25) is 5.91 Å². The Labute approximate surface area is 172 Å². The van der Waals surface area contributed by atoms with Crippen LogP contribution >= 0.6 is 0 Å².